The number of nitrogens with one attached hydrogen (secondary N) is 1. The SMILES string of the molecule is O=C(NN1CCCC1)Oc1nn(-c2ccc(Cl)cc2)c2c1CSC/C2=C\c1ccc(F)cc1. The van der Waals surface area contributed by atoms with E-state index in [-0.39, 0.29) is 11.7 Å². The summed E-state index contributed by atoms with van der Waals surface area (Å²) in [4.78, 5) is 12.6. The van der Waals surface area contributed by atoms with Crippen molar-refractivity contribution < 1.29 is 13.9 Å². The van der Waals surface area contributed by atoms with Gasteiger partial charge in [0, 0.05) is 29.6 Å². The van der Waals surface area contributed by atoms with E-state index in [2.05, 4.69) is 10.5 Å². The number of hydrazine groups is 1. The van der Waals surface area contributed by atoms with Crippen LogP contribution in [0.25, 0.3) is 17.3 Å². The Balaban J connectivity index is 1.54. The summed E-state index contributed by atoms with van der Waals surface area (Å²) in [6.07, 6.45) is 3.58. The summed E-state index contributed by atoms with van der Waals surface area (Å²) in [6, 6.07) is 13.7. The first-order chi connectivity index (χ1) is 16.1. The second kappa shape index (κ2) is 9.59. The van der Waals surface area contributed by atoms with E-state index < -0.39 is 6.09 Å². The number of fused-ring (bicyclic) bond motifs is 1. The molecule has 33 heavy (non-hydrogen) atoms. The second-order valence-corrected chi connectivity index (χ2v) is 9.35. The Hall–Kier alpha value is -2.81. The van der Waals surface area contributed by atoms with Crippen molar-refractivity contribution in [3.05, 3.63) is 76.2 Å². The summed E-state index contributed by atoms with van der Waals surface area (Å²) >= 11 is 7.80. The average molecular weight is 485 g/mol. The number of amides is 1. The van der Waals surface area contributed by atoms with Gasteiger partial charge in [0.2, 0.25) is 5.88 Å². The lowest BCUT2D eigenvalue weighted by molar-refractivity contribution is 0.157. The van der Waals surface area contributed by atoms with Gasteiger partial charge in [-0.3, -0.25) is 5.43 Å². The molecule has 1 amide bonds. The summed E-state index contributed by atoms with van der Waals surface area (Å²) in [7, 11) is 0. The van der Waals surface area contributed by atoms with Gasteiger partial charge in [-0.1, -0.05) is 23.7 Å². The summed E-state index contributed by atoms with van der Waals surface area (Å²) in [5, 5.41) is 7.15. The van der Waals surface area contributed by atoms with Crippen LogP contribution in [0.5, 0.6) is 5.88 Å². The van der Waals surface area contributed by atoms with E-state index in [1.54, 1.807) is 40.7 Å². The van der Waals surface area contributed by atoms with Crippen molar-refractivity contribution in [1.29, 1.82) is 0 Å². The van der Waals surface area contributed by atoms with Gasteiger partial charge in [0.05, 0.1) is 16.9 Å². The van der Waals surface area contributed by atoms with Gasteiger partial charge in [-0.2, -0.15) is 11.8 Å². The van der Waals surface area contributed by atoms with E-state index in [1.807, 2.05) is 23.2 Å². The molecule has 0 atom stereocenters. The van der Waals surface area contributed by atoms with Crippen molar-refractivity contribution in [1.82, 2.24) is 20.2 Å². The summed E-state index contributed by atoms with van der Waals surface area (Å²) in [5.74, 6) is 1.43. The van der Waals surface area contributed by atoms with Crippen molar-refractivity contribution in [3.8, 4) is 11.6 Å². The Morgan fingerprint density at radius 3 is 2.55 bits per heavy atom. The van der Waals surface area contributed by atoms with Crippen molar-refractivity contribution in [3.63, 3.8) is 0 Å². The minimum Gasteiger partial charge on any atom is -0.388 e. The van der Waals surface area contributed by atoms with Gasteiger partial charge in [0.25, 0.3) is 0 Å². The molecule has 2 aliphatic rings. The number of carbonyl (C=O) groups excluding carboxylic acids is 1. The summed E-state index contributed by atoms with van der Waals surface area (Å²) < 4.78 is 20.9. The number of carbonyl (C=O) groups is 1. The zero-order chi connectivity index (χ0) is 22.8. The number of benzene rings is 2. The highest BCUT2D eigenvalue weighted by molar-refractivity contribution is 7.99. The number of hydrogen-bond donors (Lipinski definition) is 1. The molecule has 5 rings (SSSR count). The fourth-order valence-electron chi connectivity index (χ4n) is 4.01. The highest BCUT2D eigenvalue weighted by Gasteiger charge is 2.28. The fraction of sp³-hybridized carbons (Fsp3) is 0.250. The lowest BCUT2D eigenvalue weighted by Crippen LogP contribution is -2.41. The smallest absolute Gasteiger partial charge is 0.388 e. The molecule has 0 spiro atoms. The first-order valence-corrected chi connectivity index (χ1v) is 12.3. The average Bonchev–Trinajstić information content (AvgIpc) is 3.45. The van der Waals surface area contributed by atoms with Crippen LogP contribution >= 0.6 is 23.4 Å². The van der Waals surface area contributed by atoms with Gasteiger partial charge in [-0.25, -0.2) is 18.9 Å². The molecule has 3 heterocycles. The highest BCUT2D eigenvalue weighted by Crippen LogP contribution is 2.40. The lowest BCUT2D eigenvalue weighted by Gasteiger charge is -2.18. The Bertz CT molecular complexity index is 1190. The molecular formula is C24H22ClFN4O2S. The lowest BCUT2D eigenvalue weighted by atomic mass is 10.1. The standard InChI is InChI=1S/C24H22ClFN4O2S/c25-18-5-9-20(10-6-18)30-22-17(13-16-3-7-19(26)8-4-16)14-33-15-21(22)23(27-30)32-24(31)28-29-11-1-2-12-29/h3-10,13H,1-2,11-12,14-15H2,(H,28,31)/b17-13+. The molecule has 0 unspecified atom stereocenters. The zero-order valence-corrected chi connectivity index (χ0v) is 19.3. The molecule has 0 bridgehead atoms. The Morgan fingerprint density at radius 1 is 1.09 bits per heavy atom. The van der Waals surface area contributed by atoms with Gasteiger partial charge >= 0.3 is 6.09 Å². The molecule has 0 radical (unpaired) electrons. The van der Waals surface area contributed by atoms with Crippen LogP contribution in [-0.2, 0) is 5.75 Å². The molecule has 9 heteroatoms. The molecule has 0 aliphatic carbocycles. The molecule has 1 fully saturated rings. The summed E-state index contributed by atoms with van der Waals surface area (Å²) in [5.41, 5.74) is 7.24. The van der Waals surface area contributed by atoms with E-state index in [4.69, 9.17) is 16.3 Å². The van der Waals surface area contributed by atoms with Gasteiger partial charge in [0.1, 0.15) is 5.82 Å². The van der Waals surface area contributed by atoms with E-state index in [1.165, 1.54) is 12.1 Å². The molecule has 0 saturated carbocycles. The second-order valence-electron chi connectivity index (χ2n) is 7.93. The van der Waals surface area contributed by atoms with E-state index >= 15 is 0 Å². The van der Waals surface area contributed by atoms with Crippen LogP contribution in [-0.4, -0.2) is 39.7 Å². The Labute approximate surface area is 200 Å². The molecule has 170 valence electrons. The van der Waals surface area contributed by atoms with Crippen molar-refractivity contribution in [2.45, 2.75) is 18.6 Å². The topological polar surface area (TPSA) is 59.4 Å². The number of thioether (sulfide) groups is 1. The summed E-state index contributed by atoms with van der Waals surface area (Å²) in [6.45, 7) is 1.62. The number of hydrogen-bond acceptors (Lipinski definition) is 5. The molecule has 1 aromatic heterocycles. The number of halogens is 2. The molecular weight excluding hydrogens is 463 g/mol. The van der Waals surface area contributed by atoms with E-state index in [0.29, 0.717) is 10.8 Å². The fourth-order valence-corrected chi connectivity index (χ4v) is 5.14. The maximum atomic E-state index is 13.4. The van der Waals surface area contributed by atoms with Crippen molar-refractivity contribution in [2.75, 3.05) is 18.8 Å². The molecule has 2 aromatic carbocycles. The van der Waals surface area contributed by atoms with Crippen LogP contribution in [0.4, 0.5) is 9.18 Å². The van der Waals surface area contributed by atoms with E-state index in [0.717, 1.165) is 59.8 Å². The molecule has 1 saturated heterocycles. The van der Waals surface area contributed by atoms with Gasteiger partial charge in [0.15, 0.2) is 0 Å². The quantitative estimate of drug-likeness (QED) is 0.526. The number of ether oxygens (including phenoxy) is 1. The largest absolute Gasteiger partial charge is 0.428 e. The van der Waals surface area contributed by atoms with Gasteiger partial charge in [-0.05, 0) is 66.5 Å². The first-order valence-electron chi connectivity index (χ1n) is 10.7. The highest BCUT2D eigenvalue weighted by atomic mass is 35.5. The number of aromatic nitrogens is 2. The third-order valence-electron chi connectivity index (χ3n) is 5.58. The maximum Gasteiger partial charge on any atom is 0.428 e. The normalized spacial score (nSPS) is 17.2. The van der Waals surface area contributed by atoms with Crippen molar-refractivity contribution >= 4 is 41.1 Å². The minimum absolute atomic E-state index is 0.276. The van der Waals surface area contributed by atoms with Crippen LogP contribution in [0.15, 0.2) is 48.5 Å². The molecule has 6 nitrogen and oxygen atoms in total. The first kappa shape index (κ1) is 22.0. The third kappa shape index (κ3) is 4.93. The van der Waals surface area contributed by atoms with E-state index in [9.17, 15) is 9.18 Å². The number of rotatable bonds is 4. The monoisotopic (exact) mass is 484 g/mol. The van der Waals surface area contributed by atoms with Crippen molar-refractivity contribution in [2.24, 2.45) is 0 Å². The number of nitrogens with zero attached hydrogens (tertiary/aromatic N) is 3. The van der Waals surface area contributed by atoms with Crippen LogP contribution in [0, 0.1) is 5.82 Å². The maximum absolute atomic E-state index is 13.4. The molecule has 3 aromatic rings. The van der Waals surface area contributed by atoms with Crippen LogP contribution in [0.1, 0.15) is 29.7 Å². The van der Waals surface area contributed by atoms with Gasteiger partial charge < -0.3 is 4.74 Å². The van der Waals surface area contributed by atoms with Crippen LogP contribution < -0.4 is 10.2 Å². The van der Waals surface area contributed by atoms with Crippen LogP contribution in [0.2, 0.25) is 5.02 Å². The molecule has 2 aliphatic heterocycles. The molecule has 1 N–H and O–H groups in total. The predicted molar refractivity (Wildman–Crippen MR) is 129 cm³/mol. The Morgan fingerprint density at radius 2 is 1.82 bits per heavy atom. The predicted octanol–water partition coefficient (Wildman–Crippen LogP) is 5.55. The van der Waals surface area contributed by atoms with Crippen LogP contribution in [0.3, 0.4) is 0 Å². The van der Waals surface area contributed by atoms with Gasteiger partial charge in [-0.15, -0.1) is 5.10 Å². The Kier molecular flexibility index (Phi) is 6.39. The third-order valence-corrected chi connectivity index (χ3v) is 6.84. The zero-order valence-electron chi connectivity index (χ0n) is 17.8. The minimum atomic E-state index is -0.542.